The Labute approximate surface area is 196 Å². The van der Waals surface area contributed by atoms with Crippen LogP contribution in [0.2, 0.25) is 0 Å². The number of aryl methyl sites for hydroxylation is 1. The fourth-order valence-electron chi connectivity index (χ4n) is 2.92. The number of rotatable bonds is 8. The van der Waals surface area contributed by atoms with E-state index in [9.17, 15) is 13.2 Å². The van der Waals surface area contributed by atoms with Crippen molar-refractivity contribution in [3.63, 3.8) is 0 Å². The Morgan fingerprint density at radius 1 is 0.968 bits per heavy atom. The van der Waals surface area contributed by atoms with Crippen LogP contribution in [0.5, 0.6) is 5.75 Å². The van der Waals surface area contributed by atoms with E-state index in [1.807, 2.05) is 31.2 Å². The largest absolute Gasteiger partial charge is 0.484 e. The van der Waals surface area contributed by atoms with Gasteiger partial charge in [0.25, 0.3) is 15.9 Å². The molecule has 0 aliphatic heterocycles. The van der Waals surface area contributed by atoms with Crippen LogP contribution in [0.25, 0.3) is 0 Å². The maximum atomic E-state index is 13.0. The topological polar surface area (TPSA) is 75.7 Å². The standard InChI is InChI=1S/C23H23IN2O4S/c1-3-26(31(28,29)22-14-4-17(2)5-15-22)20-10-12-21(13-11-20)30-16-23(27)25-19-8-6-18(24)7-9-19/h4-15H,3,16H2,1-2H3,(H,25,27). The van der Waals surface area contributed by atoms with Crippen molar-refractivity contribution in [2.75, 3.05) is 22.8 Å². The Hall–Kier alpha value is -2.59. The Balaban J connectivity index is 1.64. The van der Waals surface area contributed by atoms with Gasteiger partial charge in [-0.15, -0.1) is 0 Å². The van der Waals surface area contributed by atoms with Gasteiger partial charge in [0.05, 0.1) is 10.6 Å². The lowest BCUT2D eigenvalue weighted by Gasteiger charge is -2.23. The number of carbonyl (C=O) groups is 1. The molecular weight excluding hydrogens is 527 g/mol. The van der Waals surface area contributed by atoms with Crippen LogP contribution in [-0.2, 0) is 14.8 Å². The molecule has 0 fully saturated rings. The van der Waals surface area contributed by atoms with E-state index in [0.717, 1.165) is 9.13 Å². The molecule has 0 saturated carbocycles. The van der Waals surface area contributed by atoms with Crippen molar-refractivity contribution < 1.29 is 17.9 Å². The molecule has 6 nitrogen and oxygen atoms in total. The first-order chi connectivity index (χ1) is 14.8. The van der Waals surface area contributed by atoms with Gasteiger partial charge in [-0.3, -0.25) is 9.10 Å². The molecule has 0 heterocycles. The highest BCUT2D eigenvalue weighted by atomic mass is 127. The third-order valence-electron chi connectivity index (χ3n) is 4.52. The Morgan fingerprint density at radius 3 is 2.16 bits per heavy atom. The lowest BCUT2D eigenvalue weighted by molar-refractivity contribution is -0.118. The van der Waals surface area contributed by atoms with Gasteiger partial charge in [-0.1, -0.05) is 17.7 Å². The predicted molar refractivity (Wildman–Crippen MR) is 131 cm³/mol. The summed E-state index contributed by atoms with van der Waals surface area (Å²) in [5.74, 6) is 0.202. The van der Waals surface area contributed by atoms with Gasteiger partial charge in [-0.2, -0.15) is 0 Å². The maximum Gasteiger partial charge on any atom is 0.264 e. The average molecular weight is 550 g/mol. The van der Waals surface area contributed by atoms with Crippen molar-refractivity contribution in [1.29, 1.82) is 0 Å². The SMILES string of the molecule is CCN(c1ccc(OCC(=O)Nc2ccc(I)cc2)cc1)S(=O)(=O)c1ccc(C)cc1. The van der Waals surface area contributed by atoms with E-state index in [4.69, 9.17) is 4.74 Å². The molecule has 0 bridgehead atoms. The Kier molecular flexibility index (Phi) is 7.55. The van der Waals surface area contributed by atoms with E-state index in [-0.39, 0.29) is 24.0 Å². The zero-order valence-corrected chi connectivity index (χ0v) is 20.2. The summed E-state index contributed by atoms with van der Waals surface area (Å²) in [6.45, 7) is 3.83. The number of nitrogens with one attached hydrogen (secondary N) is 1. The quantitative estimate of drug-likeness (QED) is 0.408. The summed E-state index contributed by atoms with van der Waals surface area (Å²) in [5.41, 5.74) is 2.22. The smallest absolute Gasteiger partial charge is 0.264 e. The lowest BCUT2D eigenvalue weighted by atomic mass is 10.2. The molecule has 0 atom stereocenters. The summed E-state index contributed by atoms with van der Waals surface area (Å²) in [5, 5.41) is 2.77. The van der Waals surface area contributed by atoms with Crippen LogP contribution in [0.3, 0.4) is 0 Å². The highest BCUT2D eigenvalue weighted by Gasteiger charge is 2.23. The van der Waals surface area contributed by atoms with Crippen LogP contribution in [0, 0.1) is 10.5 Å². The summed E-state index contributed by atoms with van der Waals surface area (Å²) in [6.07, 6.45) is 0. The van der Waals surface area contributed by atoms with E-state index in [0.29, 0.717) is 17.1 Å². The van der Waals surface area contributed by atoms with Crippen molar-refractivity contribution in [2.45, 2.75) is 18.7 Å². The van der Waals surface area contributed by atoms with Gasteiger partial charge < -0.3 is 10.1 Å². The predicted octanol–water partition coefficient (Wildman–Crippen LogP) is 4.83. The number of amides is 1. The second kappa shape index (κ2) is 10.1. The number of carbonyl (C=O) groups excluding carboxylic acids is 1. The van der Waals surface area contributed by atoms with E-state index in [1.165, 1.54) is 4.31 Å². The molecule has 31 heavy (non-hydrogen) atoms. The van der Waals surface area contributed by atoms with E-state index < -0.39 is 10.0 Å². The van der Waals surface area contributed by atoms with Gasteiger partial charge in [0.1, 0.15) is 5.75 Å². The molecule has 0 aliphatic carbocycles. The fourth-order valence-corrected chi connectivity index (χ4v) is 4.75. The minimum Gasteiger partial charge on any atom is -0.484 e. The molecule has 0 spiro atoms. The van der Waals surface area contributed by atoms with Gasteiger partial charge in [-0.25, -0.2) is 8.42 Å². The van der Waals surface area contributed by atoms with Crippen molar-refractivity contribution in [2.24, 2.45) is 0 Å². The molecule has 162 valence electrons. The van der Waals surface area contributed by atoms with Crippen LogP contribution in [-0.4, -0.2) is 27.5 Å². The second-order valence-corrected chi connectivity index (χ2v) is 9.93. The number of ether oxygens (including phenoxy) is 1. The zero-order valence-electron chi connectivity index (χ0n) is 17.2. The monoisotopic (exact) mass is 550 g/mol. The number of anilines is 2. The molecule has 1 amide bonds. The Bertz CT molecular complexity index is 1130. The third-order valence-corrected chi connectivity index (χ3v) is 7.16. The van der Waals surface area contributed by atoms with Gasteiger partial charge in [0, 0.05) is 15.8 Å². The molecule has 1 N–H and O–H groups in total. The minimum atomic E-state index is -3.67. The first-order valence-corrected chi connectivity index (χ1v) is 12.2. The van der Waals surface area contributed by atoms with Gasteiger partial charge in [0.2, 0.25) is 0 Å². The molecule has 0 radical (unpaired) electrons. The number of sulfonamides is 1. The number of nitrogens with zero attached hydrogens (tertiary/aromatic N) is 1. The molecule has 3 aromatic carbocycles. The average Bonchev–Trinajstić information content (AvgIpc) is 2.75. The van der Waals surface area contributed by atoms with Crippen LogP contribution in [0.4, 0.5) is 11.4 Å². The summed E-state index contributed by atoms with van der Waals surface area (Å²) >= 11 is 2.20. The molecule has 3 aromatic rings. The van der Waals surface area contributed by atoms with Crippen LogP contribution in [0.1, 0.15) is 12.5 Å². The fraction of sp³-hybridized carbons (Fsp3) is 0.174. The third kappa shape index (κ3) is 5.98. The van der Waals surface area contributed by atoms with Gasteiger partial charge >= 0.3 is 0 Å². The molecule has 0 aliphatic rings. The van der Waals surface area contributed by atoms with Crippen molar-refractivity contribution >= 4 is 49.9 Å². The molecule has 8 heteroatoms. The molecule has 0 saturated heterocycles. The molecular formula is C23H23IN2O4S. The summed E-state index contributed by atoms with van der Waals surface area (Å²) in [4.78, 5) is 12.3. The van der Waals surface area contributed by atoms with Crippen molar-refractivity contribution in [1.82, 2.24) is 0 Å². The van der Waals surface area contributed by atoms with Crippen molar-refractivity contribution in [3.05, 3.63) is 81.9 Å². The Morgan fingerprint density at radius 2 is 1.58 bits per heavy atom. The lowest BCUT2D eigenvalue weighted by Crippen LogP contribution is -2.30. The normalized spacial score (nSPS) is 11.1. The first kappa shape index (κ1) is 23.1. The van der Waals surface area contributed by atoms with E-state index >= 15 is 0 Å². The summed E-state index contributed by atoms with van der Waals surface area (Å²) in [6, 6.07) is 20.9. The number of hydrogen-bond acceptors (Lipinski definition) is 4. The summed E-state index contributed by atoms with van der Waals surface area (Å²) in [7, 11) is -3.67. The number of hydrogen-bond donors (Lipinski definition) is 1. The summed E-state index contributed by atoms with van der Waals surface area (Å²) < 4.78 is 34.0. The van der Waals surface area contributed by atoms with Gasteiger partial charge in [0.15, 0.2) is 6.61 Å². The van der Waals surface area contributed by atoms with Crippen molar-refractivity contribution in [3.8, 4) is 5.75 Å². The second-order valence-electron chi connectivity index (χ2n) is 6.82. The highest BCUT2D eigenvalue weighted by Crippen LogP contribution is 2.26. The molecule has 3 rings (SSSR count). The van der Waals surface area contributed by atoms with Crippen LogP contribution in [0.15, 0.2) is 77.7 Å². The van der Waals surface area contributed by atoms with Gasteiger partial charge in [-0.05, 0) is 97.1 Å². The minimum absolute atomic E-state index is 0.148. The molecule has 0 aromatic heterocycles. The zero-order chi connectivity index (χ0) is 22.4. The maximum absolute atomic E-state index is 13.0. The number of halogens is 1. The van der Waals surface area contributed by atoms with E-state index in [2.05, 4.69) is 27.9 Å². The van der Waals surface area contributed by atoms with E-state index in [1.54, 1.807) is 55.5 Å². The first-order valence-electron chi connectivity index (χ1n) is 9.67. The van der Waals surface area contributed by atoms with Crippen LogP contribution >= 0.6 is 22.6 Å². The van der Waals surface area contributed by atoms with Crippen LogP contribution < -0.4 is 14.4 Å². The molecule has 0 unspecified atom stereocenters. The number of benzene rings is 3. The highest BCUT2D eigenvalue weighted by molar-refractivity contribution is 14.1.